The Morgan fingerprint density at radius 1 is 1.36 bits per heavy atom. The van der Waals surface area contributed by atoms with Crippen molar-refractivity contribution in [1.29, 1.82) is 0 Å². The van der Waals surface area contributed by atoms with Gasteiger partial charge in [0, 0.05) is 17.5 Å². The molecule has 0 saturated carbocycles. The molecule has 0 saturated heterocycles. The quantitative estimate of drug-likeness (QED) is 0.720. The van der Waals surface area contributed by atoms with Crippen molar-refractivity contribution in [2.45, 2.75) is 19.7 Å². The van der Waals surface area contributed by atoms with Crippen LogP contribution in [-0.2, 0) is 11.3 Å². The molecule has 0 aliphatic rings. The Bertz CT molecular complexity index is 704. The zero-order valence-electron chi connectivity index (χ0n) is 13.4. The average molecular weight is 374 g/mol. The van der Waals surface area contributed by atoms with E-state index in [1.807, 2.05) is 12.3 Å². The molecule has 1 heterocycles. The molecule has 0 radical (unpaired) electrons. The summed E-state index contributed by atoms with van der Waals surface area (Å²) in [6.45, 7) is 0.628. The minimum absolute atomic E-state index is 0.0158. The molecular weight excluding hydrogens is 357 g/mol. The van der Waals surface area contributed by atoms with E-state index in [2.05, 4.69) is 15.0 Å². The first-order valence-electron chi connectivity index (χ1n) is 7.40. The normalized spacial score (nSPS) is 11.4. The van der Waals surface area contributed by atoms with Gasteiger partial charge in [0.15, 0.2) is 0 Å². The maximum Gasteiger partial charge on any atom is 0.411 e. The van der Waals surface area contributed by atoms with Crippen molar-refractivity contribution in [2.75, 3.05) is 19.8 Å². The number of halogens is 3. The molecule has 1 aromatic carbocycles. The van der Waals surface area contributed by atoms with E-state index in [1.165, 1.54) is 11.3 Å². The lowest BCUT2D eigenvalue weighted by Gasteiger charge is -2.09. The Morgan fingerprint density at radius 2 is 2.16 bits per heavy atom. The van der Waals surface area contributed by atoms with Crippen LogP contribution in [0.25, 0.3) is 0 Å². The van der Waals surface area contributed by atoms with Gasteiger partial charge in [-0.2, -0.15) is 13.2 Å². The molecule has 9 heteroatoms. The number of hydrogen-bond donors (Lipinski definition) is 1. The summed E-state index contributed by atoms with van der Waals surface area (Å²) in [5, 5.41) is 5.33. The molecule has 2 aromatic rings. The van der Waals surface area contributed by atoms with Gasteiger partial charge < -0.3 is 14.8 Å². The van der Waals surface area contributed by atoms with Gasteiger partial charge >= 0.3 is 6.18 Å². The number of thiazole rings is 1. The van der Waals surface area contributed by atoms with Crippen LogP contribution in [-0.4, -0.2) is 36.8 Å². The molecule has 1 amide bonds. The number of ether oxygens (including phenoxy) is 2. The fourth-order valence-electron chi connectivity index (χ4n) is 1.89. The van der Waals surface area contributed by atoms with Crippen molar-refractivity contribution in [3.8, 4) is 5.75 Å². The van der Waals surface area contributed by atoms with E-state index < -0.39 is 18.7 Å². The van der Waals surface area contributed by atoms with Gasteiger partial charge in [-0.1, -0.05) is 6.07 Å². The fraction of sp³-hybridized carbons (Fsp3) is 0.375. The summed E-state index contributed by atoms with van der Waals surface area (Å²) in [7, 11) is 0. The highest BCUT2D eigenvalue weighted by atomic mass is 32.1. The number of alkyl halides is 3. The largest absolute Gasteiger partial charge is 0.487 e. The number of rotatable bonds is 8. The highest BCUT2D eigenvalue weighted by Crippen LogP contribution is 2.16. The van der Waals surface area contributed by atoms with Gasteiger partial charge in [0.05, 0.1) is 17.3 Å². The Hall–Kier alpha value is -2.13. The molecule has 2 rings (SSSR count). The number of amides is 1. The smallest absolute Gasteiger partial charge is 0.411 e. The van der Waals surface area contributed by atoms with E-state index in [-0.39, 0.29) is 13.2 Å². The Labute approximate surface area is 146 Å². The maximum absolute atomic E-state index is 12.0. The summed E-state index contributed by atoms with van der Waals surface area (Å²) in [4.78, 5) is 16.3. The predicted molar refractivity (Wildman–Crippen MR) is 86.8 cm³/mol. The van der Waals surface area contributed by atoms with Gasteiger partial charge in [0.1, 0.15) is 19.0 Å². The Balaban J connectivity index is 1.78. The lowest BCUT2D eigenvalue weighted by molar-refractivity contribution is -0.173. The molecule has 5 nitrogen and oxygen atoms in total. The lowest BCUT2D eigenvalue weighted by atomic mass is 10.2. The van der Waals surface area contributed by atoms with Crippen LogP contribution in [0.15, 0.2) is 29.6 Å². The number of aromatic nitrogens is 1. The predicted octanol–water partition coefficient (Wildman–Crippen LogP) is 3.34. The first-order valence-corrected chi connectivity index (χ1v) is 8.28. The zero-order valence-corrected chi connectivity index (χ0v) is 14.2. The SMILES string of the molecule is Cc1nc(COc2cccc(C(=O)NCCOCC(F)(F)F)c2)cs1. The van der Waals surface area contributed by atoms with E-state index in [4.69, 9.17) is 4.74 Å². The average Bonchev–Trinajstić information content (AvgIpc) is 2.97. The van der Waals surface area contributed by atoms with Gasteiger partial charge in [-0.25, -0.2) is 4.98 Å². The summed E-state index contributed by atoms with van der Waals surface area (Å²) in [5.74, 6) is 0.0946. The van der Waals surface area contributed by atoms with E-state index >= 15 is 0 Å². The molecule has 0 fully saturated rings. The van der Waals surface area contributed by atoms with Crippen molar-refractivity contribution < 1.29 is 27.4 Å². The van der Waals surface area contributed by atoms with Crippen LogP contribution in [0.3, 0.4) is 0 Å². The molecule has 0 atom stereocenters. The molecule has 0 aliphatic carbocycles. The molecule has 0 unspecified atom stereocenters. The third kappa shape index (κ3) is 7.10. The summed E-state index contributed by atoms with van der Waals surface area (Å²) in [5.41, 5.74) is 1.15. The highest BCUT2D eigenvalue weighted by molar-refractivity contribution is 7.09. The lowest BCUT2D eigenvalue weighted by Crippen LogP contribution is -2.28. The van der Waals surface area contributed by atoms with Gasteiger partial charge in [-0.3, -0.25) is 4.79 Å². The number of carbonyl (C=O) groups is 1. The van der Waals surface area contributed by atoms with Crippen molar-refractivity contribution in [3.05, 3.63) is 45.9 Å². The number of hydrogen-bond acceptors (Lipinski definition) is 5. The van der Waals surface area contributed by atoms with Crippen LogP contribution < -0.4 is 10.1 Å². The molecule has 25 heavy (non-hydrogen) atoms. The van der Waals surface area contributed by atoms with E-state index in [1.54, 1.807) is 24.3 Å². The number of benzene rings is 1. The topological polar surface area (TPSA) is 60.5 Å². The molecule has 0 spiro atoms. The zero-order chi connectivity index (χ0) is 18.3. The molecule has 0 aliphatic heterocycles. The van der Waals surface area contributed by atoms with Crippen LogP contribution in [0, 0.1) is 6.92 Å². The first kappa shape index (κ1) is 19.2. The van der Waals surface area contributed by atoms with Crippen LogP contribution in [0.1, 0.15) is 21.1 Å². The molecule has 0 bridgehead atoms. The fourth-order valence-corrected chi connectivity index (χ4v) is 2.48. The van der Waals surface area contributed by atoms with Crippen LogP contribution >= 0.6 is 11.3 Å². The molecule has 136 valence electrons. The van der Waals surface area contributed by atoms with Crippen molar-refractivity contribution >= 4 is 17.2 Å². The van der Waals surface area contributed by atoms with Crippen LogP contribution in [0.2, 0.25) is 0 Å². The Kier molecular flexibility index (Phi) is 6.77. The molecule has 1 N–H and O–H groups in total. The standard InChI is InChI=1S/C16H17F3N2O3S/c1-11-21-13(9-25-11)8-24-14-4-2-3-12(7-14)15(22)20-5-6-23-10-16(17,18)19/h2-4,7,9H,5-6,8,10H2,1H3,(H,20,22). The van der Waals surface area contributed by atoms with Crippen molar-refractivity contribution in [3.63, 3.8) is 0 Å². The summed E-state index contributed by atoms with van der Waals surface area (Å²) in [6.07, 6.45) is -4.37. The summed E-state index contributed by atoms with van der Waals surface area (Å²) >= 11 is 1.52. The van der Waals surface area contributed by atoms with E-state index in [0.29, 0.717) is 17.9 Å². The monoisotopic (exact) mass is 374 g/mol. The number of carbonyl (C=O) groups excluding carboxylic acids is 1. The van der Waals surface area contributed by atoms with Gasteiger partial charge in [-0.05, 0) is 25.1 Å². The second-order valence-electron chi connectivity index (χ2n) is 5.10. The molecular formula is C16H17F3N2O3S. The number of aryl methyl sites for hydroxylation is 1. The van der Waals surface area contributed by atoms with Gasteiger partial charge in [0.2, 0.25) is 0 Å². The van der Waals surface area contributed by atoms with Gasteiger partial charge in [0.25, 0.3) is 5.91 Å². The van der Waals surface area contributed by atoms with Crippen molar-refractivity contribution in [2.24, 2.45) is 0 Å². The van der Waals surface area contributed by atoms with Crippen LogP contribution in [0.5, 0.6) is 5.75 Å². The minimum Gasteiger partial charge on any atom is -0.487 e. The molecule has 1 aromatic heterocycles. The third-order valence-corrected chi connectivity index (χ3v) is 3.77. The third-order valence-electron chi connectivity index (χ3n) is 2.95. The van der Waals surface area contributed by atoms with Crippen molar-refractivity contribution in [1.82, 2.24) is 10.3 Å². The number of nitrogens with one attached hydrogen (secondary N) is 1. The second kappa shape index (κ2) is 8.82. The van der Waals surface area contributed by atoms with E-state index in [0.717, 1.165) is 10.7 Å². The minimum atomic E-state index is -4.37. The summed E-state index contributed by atoms with van der Waals surface area (Å²) < 4.78 is 45.8. The maximum atomic E-state index is 12.0. The summed E-state index contributed by atoms with van der Waals surface area (Å²) in [6, 6.07) is 6.52. The first-order chi connectivity index (χ1) is 11.8. The van der Waals surface area contributed by atoms with E-state index in [9.17, 15) is 18.0 Å². The highest BCUT2D eigenvalue weighted by Gasteiger charge is 2.27. The Morgan fingerprint density at radius 3 is 2.84 bits per heavy atom. The number of nitrogens with zero attached hydrogens (tertiary/aromatic N) is 1. The van der Waals surface area contributed by atoms with Gasteiger partial charge in [-0.15, -0.1) is 11.3 Å². The van der Waals surface area contributed by atoms with Crippen LogP contribution in [0.4, 0.5) is 13.2 Å². The second-order valence-corrected chi connectivity index (χ2v) is 6.16.